The maximum atomic E-state index is 13.0. The number of aromatic nitrogens is 3. The maximum Gasteiger partial charge on any atom is 0.284 e. The molecule has 0 saturated heterocycles. The number of carbonyl (C=O) groups excluding carboxylic acids is 1. The Morgan fingerprint density at radius 3 is 2.85 bits per heavy atom. The molecule has 0 fully saturated rings. The van der Waals surface area contributed by atoms with E-state index in [4.69, 9.17) is 4.74 Å². The summed E-state index contributed by atoms with van der Waals surface area (Å²) in [5.74, 6) is 0.945. The molecule has 2 aromatic heterocycles. The number of hydrogen-bond donors (Lipinski definition) is 1. The predicted molar refractivity (Wildman–Crippen MR) is 107 cm³/mol. The van der Waals surface area contributed by atoms with Crippen LogP contribution in [0, 0.1) is 0 Å². The Hall–Kier alpha value is -2.87. The predicted octanol–water partition coefficient (Wildman–Crippen LogP) is 1.94. The van der Waals surface area contributed by atoms with E-state index in [-0.39, 0.29) is 12.2 Å². The van der Waals surface area contributed by atoms with Gasteiger partial charge >= 0.3 is 0 Å². The van der Waals surface area contributed by atoms with Gasteiger partial charge in [-0.05, 0) is 24.5 Å². The zero-order chi connectivity index (χ0) is 19.2. The summed E-state index contributed by atoms with van der Waals surface area (Å²) in [7, 11) is 1.58. The van der Waals surface area contributed by atoms with Crippen LogP contribution < -0.4 is 15.6 Å². The Morgan fingerprint density at radius 2 is 2.07 bits per heavy atom. The largest absolute Gasteiger partial charge is 0.496 e. The lowest BCUT2D eigenvalue weighted by molar-refractivity contribution is 0.0949. The van der Waals surface area contributed by atoms with Gasteiger partial charge in [-0.1, -0.05) is 18.2 Å². The highest BCUT2D eigenvalue weighted by Crippen LogP contribution is 2.19. The normalized spacial score (nSPS) is 10.7. The average molecular weight is 384 g/mol. The standard InChI is InChI=1S/C19H20N4O3S/c1-26-15-8-4-3-6-13(15)12-23-17-14(7-5-9-20-17)22-16(19(23)25)18(24)21-10-11-27-2/h3-9H,10-12H2,1-2H3,(H,21,24). The van der Waals surface area contributed by atoms with Crippen molar-refractivity contribution < 1.29 is 9.53 Å². The minimum Gasteiger partial charge on any atom is -0.496 e. The number of para-hydroxylation sites is 1. The summed E-state index contributed by atoms with van der Waals surface area (Å²) in [6, 6.07) is 10.9. The van der Waals surface area contributed by atoms with Crippen molar-refractivity contribution in [2.24, 2.45) is 0 Å². The van der Waals surface area contributed by atoms with Crippen LogP contribution in [-0.4, -0.2) is 46.1 Å². The molecule has 0 atom stereocenters. The van der Waals surface area contributed by atoms with E-state index < -0.39 is 11.5 Å². The molecule has 0 spiro atoms. The summed E-state index contributed by atoms with van der Waals surface area (Å²) in [6.45, 7) is 0.697. The molecule has 1 N–H and O–H groups in total. The number of ether oxygens (including phenoxy) is 1. The van der Waals surface area contributed by atoms with Gasteiger partial charge < -0.3 is 10.1 Å². The van der Waals surface area contributed by atoms with Gasteiger partial charge in [0.15, 0.2) is 11.3 Å². The van der Waals surface area contributed by atoms with Crippen molar-refractivity contribution in [2.45, 2.75) is 6.54 Å². The molecule has 1 aromatic carbocycles. The van der Waals surface area contributed by atoms with Gasteiger partial charge in [0.1, 0.15) is 11.3 Å². The topological polar surface area (TPSA) is 86.1 Å². The first kappa shape index (κ1) is 18.9. The number of amides is 1. The second kappa shape index (κ2) is 8.68. The van der Waals surface area contributed by atoms with Crippen LogP contribution >= 0.6 is 11.8 Å². The lowest BCUT2D eigenvalue weighted by atomic mass is 10.2. The molecule has 0 aliphatic carbocycles. The van der Waals surface area contributed by atoms with E-state index in [0.29, 0.717) is 23.5 Å². The quantitative estimate of drug-likeness (QED) is 0.627. The third-order valence-corrected chi connectivity index (χ3v) is 4.64. The van der Waals surface area contributed by atoms with E-state index in [0.717, 1.165) is 11.3 Å². The zero-order valence-electron chi connectivity index (χ0n) is 15.1. The number of thioether (sulfide) groups is 1. The van der Waals surface area contributed by atoms with Crippen molar-refractivity contribution in [3.05, 3.63) is 64.2 Å². The van der Waals surface area contributed by atoms with Crippen molar-refractivity contribution in [2.75, 3.05) is 25.7 Å². The molecule has 0 bridgehead atoms. The van der Waals surface area contributed by atoms with Gasteiger partial charge in [-0.25, -0.2) is 9.97 Å². The second-order valence-corrected chi connectivity index (χ2v) is 6.74. The first-order valence-electron chi connectivity index (χ1n) is 8.40. The maximum absolute atomic E-state index is 13.0. The number of fused-ring (bicyclic) bond motifs is 1. The molecule has 7 nitrogen and oxygen atoms in total. The van der Waals surface area contributed by atoms with Crippen molar-refractivity contribution in [3.63, 3.8) is 0 Å². The van der Waals surface area contributed by atoms with E-state index in [1.807, 2.05) is 30.5 Å². The number of nitrogens with zero attached hydrogens (tertiary/aromatic N) is 3. The highest BCUT2D eigenvalue weighted by Gasteiger charge is 2.18. The highest BCUT2D eigenvalue weighted by molar-refractivity contribution is 7.98. The molecule has 0 aliphatic heterocycles. The Labute approximate surface area is 160 Å². The minimum atomic E-state index is -0.478. The second-order valence-electron chi connectivity index (χ2n) is 5.76. The Balaban J connectivity index is 2.09. The summed E-state index contributed by atoms with van der Waals surface area (Å²) in [6.07, 6.45) is 3.55. The van der Waals surface area contributed by atoms with Crippen molar-refractivity contribution >= 4 is 28.8 Å². The molecule has 0 saturated carbocycles. The number of methoxy groups -OCH3 is 1. The van der Waals surface area contributed by atoms with Crippen LogP contribution in [0.5, 0.6) is 5.75 Å². The van der Waals surface area contributed by atoms with E-state index in [2.05, 4.69) is 15.3 Å². The van der Waals surface area contributed by atoms with E-state index >= 15 is 0 Å². The van der Waals surface area contributed by atoms with Gasteiger partial charge in [0, 0.05) is 24.1 Å². The fraction of sp³-hybridized carbons (Fsp3) is 0.263. The zero-order valence-corrected chi connectivity index (χ0v) is 16.0. The molecule has 27 heavy (non-hydrogen) atoms. The summed E-state index contributed by atoms with van der Waals surface area (Å²) in [5, 5.41) is 2.74. The molecular formula is C19H20N4O3S. The van der Waals surface area contributed by atoms with E-state index in [1.54, 1.807) is 37.2 Å². The molecule has 1 amide bonds. The number of rotatable bonds is 7. The van der Waals surface area contributed by atoms with Crippen LogP contribution in [0.4, 0.5) is 0 Å². The molecule has 0 aliphatic rings. The number of hydrogen-bond acceptors (Lipinski definition) is 6. The first-order valence-corrected chi connectivity index (χ1v) is 9.79. The van der Waals surface area contributed by atoms with Crippen molar-refractivity contribution in [1.29, 1.82) is 0 Å². The van der Waals surface area contributed by atoms with Crippen molar-refractivity contribution in [1.82, 2.24) is 19.9 Å². The molecule has 3 rings (SSSR count). The third kappa shape index (κ3) is 4.11. The van der Waals surface area contributed by atoms with Gasteiger partial charge in [-0.15, -0.1) is 0 Å². The van der Waals surface area contributed by atoms with Gasteiger partial charge in [-0.3, -0.25) is 14.2 Å². The molecular weight excluding hydrogens is 364 g/mol. The van der Waals surface area contributed by atoms with Crippen LogP contribution in [0.25, 0.3) is 11.2 Å². The Bertz CT molecular complexity index is 1020. The summed E-state index contributed by atoms with van der Waals surface area (Å²) in [5.41, 5.74) is 1.12. The lowest BCUT2D eigenvalue weighted by Crippen LogP contribution is -2.36. The fourth-order valence-electron chi connectivity index (χ4n) is 2.72. The lowest BCUT2D eigenvalue weighted by Gasteiger charge is -2.13. The summed E-state index contributed by atoms with van der Waals surface area (Å²) >= 11 is 1.61. The number of carbonyl (C=O) groups is 1. The Morgan fingerprint density at radius 1 is 1.26 bits per heavy atom. The van der Waals surface area contributed by atoms with E-state index in [9.17, 15) is 9.59 Å². The molecule has 8 heteroatoms. The molecule has 2 heterocycles. The van der Waals surface area contributed by atoms with Crippen LogP contribution in [0.15, 0.2) is 47.4 Å². The van der Waals surface area contributed by atoms with Gasteiger partial charge in [0.2, 0.25) is 0 Å². The molecule has 140 valence electrons. The van der Waals surface area contributed by atoms with Gasteiger partial charge in [0.25, 0.3) is 11.5 Å². The monoisotopic (exact) mass is 384 g/mol. The first-order chi connectivity index (χ1) is 13.2. The van der Waals surface area contributed by atoms with Crippen LogP contribution in [0.2, 0.25) is 0 Å². The fourth-order valence-corrected chi connectivity index (χ4v) is 3.03. The van der Waals surface area contributed by atoms with Crippen LogP contribution in [0.1, 0.15) is 16.1 Å². The van der Waals surface area contributed by atoms with Crippen LogP contribution in [0.3, 0.4) is 0 Å². The number of benzene rings is 1. The van der Waals surface area contributed by atoms with Gasteiger partial charge in [0.05, 0.1) is 13.7 Å². The number of pyridine rings is 1. The van der Waals surface area contributed by atoms with Crippen LogP contribution in [-0.2, 0) is 6.54 Å². The molecule has 3 aromatic rings. The number of nitrogens with one attached hydrogen (secondary N) is 1. The molecule has 0 radical (unpaired) electrons. The van der Waals surface area contributed by atoms with Gasteiger partial charge in [-0.2, -0.15) is 11.8 Å². The SMILES string of the molecule is COc1ccccc1Cn1c(=O)c(C(=O)NCCSC)nc2cccnc21. The van der Waals surface area contributed by atoms with Crippen molar-refractivity contribution in [3.8, 4) is 5.75 Å². The van der Waals surface area contributed by atoms with E-state index in [1.165, 1.54) is 4.57 Å². The summed E-state index contributed by atoms with van der Waals surface area (Å²) < 4.78 is 6.84. The summed E-state index contributed by atoms with van der Waals surface area (Å²) in [4.78, 5) is 34.0. The smallest absolute Gasteiger partial charge is 0.284 e. The Kier molecular flexibility index (Phi) is 6.08. The minimum absolute atomic E-state index is 0.133. The highest BCUT2D eigenvalue weighted by atomic mass is 32.2. The average Bonchev–Trinajstić information content (AvgIpc) is 2.70. The third-order valence-electron chi connectivity index (χ3n) is 4.03. The molecule has 0 unspecified atom stereocenters.